The Morgan fingerprint density at radius 3 is 2.92 bits per heavy atom. The van der Waals surface area contributed by atoms with E-state index in [0.29, 0.717) is 12.4 Å². The molecule has 196 valence electrons. The maximum Gasteiger partial charge on any atom is 0.180 e. The Morgan fingerprint density at radius 1 is 1.16 bits per heavy atom. The largest absolute Gasteiger partial charge is 0.489 e. The van der Waals surface area contributed by atoms with Crippen molar-refractivity contribution in [3.8, 4) is 17.0 Å². The van der Waals surface area contributed by atoms with Crippen molar-refractivity contribution >= 4 is 44.7 Å². The zero-order valence-electron chi connectivity index (χ0n) is 21.6. The zero-order valence-corrected chi connectivity index (χ0v) is 22.4. The number of fused-ring (bicyclic) bond motifs is 5. The van der Waals surface area contributed by atoms with E-state index in [1.54, 1.807) is 12.5 Å². The maximum atomic E-state index is 11.9. The van der Waals surface area contributed by atoms with Crippen LogP contribution in [0.15, 0.2) is 61.2 Å². The Hall–Kier alpha value is -3.96. The summed E-state index contributed by atoms with van der Waals surface area (Å²) < 4.78 is 22.0. The third kappa shape index (κ3) is 4.37. The Labute approximate surface area is 223 Å². The molecule has 3 aromatic heterocycles. The van der Waals surface area contributed by atoms with Gasteiger partial charge in [0.15, 0.2) is 11.5 Å². The number of anilines is 3. The van der Waals surface area contributed by atoms with Gasteiger partial charge in [-0.1, -0.05) is 26.0 Å². The van der Waals surface area contributed by atoms with E-state index in [-0.39, 0.29) is 6.04 Å². The molecule has 2 unspecified atom stereocenters. The first-order valence-electron chi connectivity index (χ1n) is 12.8. The van der Waals surface area contributed by atoms with Gasteiger partial charge in [-0.15, -0.1) is 0 Å². The second kappa shape index (κ2) is 10.1. The molecular weight excluding hydrogens is 500 g/mol. The molecule has 5 heterocycles. The van der Waals surface area contributed by atoms with Gasteiger partial charge < -0.3 is 19.4 Å². The van der Waals surface area contributed by atoms with Crippen LogP contribution < -0.4 is 15.0 Å². The number of ether oxygens (including phenoxy) is 1. The maximum absolute atomic E-state index is 11.9. The highest BCUT2D eigenvalue weighted by molar-refractivity contribution is 7.81. The Bertz CT molecular complexity index is 1630. The summed E-state index contributed by atoms with van der Waals surface area (Å²) >= 11 is 0. The van der Waals surface area contributed by atoms with Crippen LogP contribution in [0.25, 0.3) is 27.8 Å². The minimum atomic E-state index is -0.959. The smallest absolute Gasteiger partial charge is 0.180 e. The molecule has 1 fully saturated rings. The van der Waals surface area contributed by atoms with Gasteiger partial charge in [-0.2, -0.15) is 5.10 Å². The summed E-state index contributed by atoms with van der Waals surface area (Å²) in [6, 6.07) is 12.5. The lowest BCUT2D eigenvalue weighted by Crippen LogP contribution is -2.57. The first-order valence-corrected chi connectivity index (χ1v) is 14.3. The monoisotopic (exact) mass is 530 g/mol. The number of nitrogens with zero attached hydrogens (tertiary/aromatic N) is 6. The number of rotatable bonds is 4. The molecule has 2 aliphatic rings. The normalized spacial score (nSPS) is 17.8. The highest BCUT2D eigenvalue weighted by Crippen LogP contribution is 2.38. The van der Waals surface area contributed by atoms with Gasteiger partial charge in [0, 0.05) is 67.2 Å². The van der Waals surface area contributed by atoms with Crippen molar-refractivity contribution in [1.29, 1.82) is 0 Å². The number of hydrogen-bond donors (Lipinski definition) is 2. The summed E-state index contributed by atoms with van der Waals surface area (Å²) in [5.74, 6) is 1.50. The van der Waals surface area contributed by atoms with E-state index in [9.17, 15) is 4.21 Å². The summed E-state index contributed by atoms with van der Waals surface area (Å²) in [5.41, 5.74) is 5.45. The van der Waals surface area contributed by atoms with E-state index in [0.717, 1.165) is 64.6 Å². The first-order chi connectivity index (χ1) is 18.6. The van der Waals surface area contributed by atoms with Crippen molar-refractivity contribution in [2.24, 2.45) is 0 Å². The van der Waals surface area contributed by atoms with Crippen molar-refractivity contribution in [2.75, 3.05) is 42.7 Å². The fourth-order valence-electron chi connectivity index (χ4n) is 5.04. The molecular formula is C27H30N8O2S. The molecule has 0 radical (unpaired) electrons. The molecule has 38 heavy (non-hydrogen) atoms. The van der Waals surface area contributed by atoms with E-state index >= 15 is 0 Å². The Kier molecular flexibility index (Phi) is 6.46. The topological polar surface area (TPSA) is 104 Å². The van der Waals surface area contributed by atoms with Crippen LogP contribution in [-0.4, -0.2) is 71.6 Å². The highest BCUT2D eigenvalue weighted by Gasteiger charge is 2.34. The minimum Gasteiger partial charge on any atom is -0.489 e. The molecule has 0 amide bonds. The van der Waals surface area contributed by atoms with Crippen LogP contribution in [0.2, 0.25) is 0 Å². The Morgan fingerprint density at radius 2 is 2.05 bits per heavy atom. The van der Waals surface area contributed by atoms with E-state index in [4.69, 9.17) is 9.72 Å². The number of imidazole rings is 1. The molecule has 0 spiro atoms. The first kappa shape index (κ1) is 24.4. The van der Waals surface area contributed by atoms with Gasteiger partial charge in [0.25, 0.3) is 0 Å². The van der Waals surface area contributed by atoms with Gasteiger partial charge in [-0.3, -0.25) is 5.10 Å². The Balaban J connectivity index is 0.00000129. The second-order valence-corrected chi connectivity index (χ2v) is 10.4. The molecule has 0 aliphatic carbocycles. The molecule has 5 aromatic rings. The third-order valence-corrected chi connectivity index (χ3v) is 7.94. The molecule has 2 aromatic carbocycles. The van der Waals surface area contributed by atoms with Crippen LogP contribution in [0.4, 0.5) is 17.2 Å². The van der Waals surface area contributed by atoms with E-state index in [1.165, 1.54) is 0 Å². The van der Waals surface area contributed by atoms with Crippen molar-refractivity contribution in [1.82, 2.24) is 28.9 Å². The van der Waals surface area contributed by atoms with Gasteiger partial charge in [0.2, 0.25) is 0 Å². The number of aromatic amines is 1. The molecule has 2 N–H and O–H groups in total. The molecule has 0 bridgehead atoms. The van der Waals surface area contributed by atoms with Crippen molar-refractivity contribution in [2.45, 2.75) is 19.9 Å². The third-order valence-electron chi connectivity index (χ3n) is 6.88. The van der Waals surface area contributed by atoms with Crippen LogP contribution >= 0.6 is 0 Å². The molecule has 11 heteroatoms. The van der Waals surface area contributed by atoms with E-state index in [2.05, 4.69) is 31.5 Å². The zero-order chi connectivity index (χ0) is 26.2. The number of aromatic nitrogens is 5. The van der Waals surface area contributed by atoms with Gasteiger partial charge >= 0.3 is 0 Å². The standard InChI is InChI=1S/C25H24N8O2S.C2H6/c1-36(34)32-8-9-33-19(13-32)15-35-23-11-18(4-5-22(23)33)28-24-25-26-6-7-31(25)14-21(29-24)16-2-3-17-12-27-30-20(17)10-16;1-2/h2-7,10-12,14,19H,8-9,13,15H2,1H3,(H,27,30)(H,28,29);1-2H3. The summed E-state index contributed by atoms with van der Waals surface area (Å²) in [6.45, 7) is 6.91. The molecule has 2 atom stereocenters. The van der Waals surface area contributed by atoms with Crippen molar-refractivity contribution in [3.63, 3.8) is 0 Å². The van der Waals surface area contributed by atoms with Gasteiger partial charge in [-0.05, 0) is 18.2 Å². The fourth-order valence-corrected chi connectivity index (χ4v) is 5.76. The number of benzene rings is 2. The number of nitrogens with one attached hydrogen (secondary N) is 2. The fraction of sp³-hybridized carbons (Fsp3) is 0.296. The van der Waals surface area contributed by atoms with E-state index in [1.807, 2.05) is 71.5 Å². The lowest BCUT2D eigenvalue weighted by Gasteiger charge is -2.44. The molecule has 10 nitrogen and oxygen atoms in total. The van der Waals surface area contributed by atoms with Crippen LogP contribution in [0.3, 0.4) is 0 Å². The second-order valence-electron chi connectivity index (χ2n) is 9.08. The average Bonchev–Trinajstić information content (AvgIpc) is 3.63. The summed E-state index contributed by atoms with van der Waals surface area (Å²) in [4.78, 5) is 11.8. The van der Waals surface area contributed by atoms with Crippen LogP contribution in [0, 0.1) is 0 Å². The van der Waals surface area contributed by atoms with Crippen molar-refractivity contribution < 1.29 is 8.95 Å². The molecule has 2 aliphatic heterocycles. The van der Waals surface area contributed by atoms with Crippen molar-refractivity contribution in [3.05, 3.63) is 61.2 Å². The predicted octanol–water partition coefficient (Wildman–Crippen LogP) is 4.22. The van der Waals surface area contributed by atoms with Gasteiger partial charge in [-0.25, -0.2) is 18.5 Å². The molecule has 0 saturated carbocycles. The molecule has 1 saturated heterocycles. The van der Waals surface area contributed by atoms with Crippen LogP contribution in [0.5, 0.6) is 5.75 Å². The summed E-state index contributed by atoms with van der Waals surface area (Å²) in [7, 11) is -0.959. The average molecular weight is 531 g/mol. The number of hydrogen-bond acceptors (Lipinski definition) is 7. The number of H-pyrrole nitrogens is 1. The SMILES string of the molecule is CC.CS(=O)N1CCN2c3ccc(Nc4nc(-c5ccc6cn[nH]c6c5)cn5ccnc45)cc3OCC2C1. The van der Waals surface area contributed by atoms with E-state index < -0.39 is 11.0 Å². The summed E-state index contributed by atoms with van der Waals surface area (Å²) in [6.07, 6.45) is 9.21. The van der Waals surface area contributed by atoms with Crippen LogP contribution in [-0.2, 0) is 11.0 Å². The molecule has 7 rings (SSSR count). The quantitative estimate of drug-likeness (QED) is 0.359. The predicted molar refractivity (Wildman–Crippen MR) is 151 cm³/mol. The lowest BCUT2D eigenvalue weighted by atomic mass is 10.1. The lowest BCUT2D eigenvalue weighted by molar-refractivity contribution is 0.219. The number of piperazine rings is 1. The summed E-state index contributed by atoms with van der Waals surface area (Å²) in [5, 5.41) is 11.7. The highest BCUT2D eigenvalue weighted by atomic mass is 32.2. The minimum absolute atomic E-state index is 0.198. The van der Waals surface area contributed by atoms with Gasteiger partial charge in [0.1, 0.15) is 12.4 Å². The van der Waals surface area contributed by atoms with Crippen LogP contribution in [0.1, 0.15) is 13.8 Å². The van der Waals surface area contributed by atoms with Gasteiger partial charge in [0.05, 0.1) is 40.1 Å².